The molecule has 4 rings (SSSR count). The minimum atomic E-state index is -0.267. The summed E-state index contributed by atoms with van der Waals surface area (Å²) in [6.45, 7) is 1.64. The lowest BCUT2D eigenvalue weighted by Crippen LogP contribution is -2.44. The molecule has 0 amide bonds. The molecule has 2 heterocycles. The van der Waals surface area contributed by atoms with Crippen LogP contribution in [0, 0.1) is 5.82 Å². The number of hydrogen-bond acceptors (Lipinski definition) is 1. The molecular formula is C20H17ClFN3S. The fourth-order valence-electron chi connectivity index (χ4n) is 3.33. The molecule has 1 atom stereocenters. The first-order chi connectivity index (χ1) is 12.6. The van der Waals surface area contributed by atoms with E-state index in [2.05, 4.69) is 33.1 Å². The molecule has 6 heteroatoms. The largest absolute Gasteiger partial charge is 0.348 e. The summed E-state index contributed by atoms with van der Waals surface area (Å²) in [6.07, 6.45) is 2.09. The Labute approximate surface area is 162 Å². The highest BCUT2D eigenvalue weighted by molar-refractivity contribution is 7.80. The van der Waals surface area contributed by atoms with Crippen molar-refractivity contribution in [1.82, 2.24) is 9.47 Å². The Morgan fingerprint density at radius 3 is 2.50 bits per heavy atom. The van der Waals surface area contributed by atoms with Gasteiger partial charge in [-0.3, -0.25) is 0 Å². The lowest BCUT2D eigenvalue weighted by atomic mass is 10.0. The maximum Gasteiger partial charge on any atom is 0.174 e. The summed E-state index contributed by atoms with van der Waals surface area (Å²) in [4.78, 5) is 2.16. The molecule has 26 heavy (non-hydrogen) atoms. The standard InChI is InChI=1S/C20H17ClFN3S/c21-15-5-3-14(4-6-15)19-18-2-1-11-24(18)12-13-25(19)20(26)23-17-9-7-16(22)8-10-17/h1-11,19H,12-13H2,(H,23,26)/t19-/m0/s1. The number of fused-ring (bicyclic) bond motifs is 1. The van der Waals surface area contributed by atoms with Crippen molar-refractivity contribution in [2.45, 2.75) is 12.6 Å². The van der Waals surface area contributed by atoms with Gasteiger partial charge in [-0.25, -0.2) is 4.39 Å². The molecule has 1 aromatic heterocycles. The predicted octanol–water partition coefficient (Wildman–Crippen LogP) is 5.08. The van der Waals surface area contributed by atoms with Crippen molar-refractivity contribution in [3.63, 3.8) is 0 Å². The Morgan fingerprint density at radius 1 is 1.04 bits per heavy atom. The van der Waals surface area contributed by atoms with Crippen LogP contribution in [-0.2, 0) is 6.54 Å². The first-order valence-electron chi connectivity index (χ1n) is 8.35. The van der Waals surface area contributed by atoms with Crippen LogP contribution >= 0.6 is 23.8 Å². The van der Waals surface area contributed by atoms with Crippen LogP contribution in [0.3, 0.4) is 0 Å². The average Bonchev–Trinajstić information content (AvgIpc) is 3.12. The van der Waals surface area contributed by atoms with E-state index in [9.17, 15) is 4.39 Å². The maximum absolute atomic E-state index is 13.1. The SMILES string of the molecule is Fc1ccc(NC(=S)N2CCn3cccc3[C@@H]2c2ccc(Cl)cc2)cc1. The molecule has 0 bridgehead atoms. The number of anilines is 1. The van der Waals surface area contributed by atoms with Crippen molar-refractivity contribution in [1.29, 1.82) is 0 Å². The quantitative estimate of drug-likeness (QED) is 0.621. The molecule has 132 valence electrons. The van der Waals surface area contributed by atoms with Gasteiger partial charge in [0.1, 0.15) is 5.82 Å². The second-order valence-electron chi connectivity index (χ2n) is 6.21. The predicted molar refractivity (Wildman–Crippen MR) is 107 cm³/mol. The molecule has 3 nitrogen and oxygen atoms in total. The number of halogens is 2. The van der Waals surface area contributed by atoms with Crippen LogP contribution in [0.1, 0.15) is 17.3 Å². The van der Waals surface area contributed by atoms with Crippen molar-refractivity contribution in [3.8, 4) is 0 Å². The van der Waals surface area contributed by atoms with Crippen molar-refractivity contribution in [2.75, 3.05) is 11.9 Å². The summed E-state index contributed by atoms with van der Waals surface area (Å²) in [6, 6.07) is 18.2. The zero-order valence-corrected chi connectivity index (χ0v) is 15.5. The highest BCUT2D eigenvalue weighted by atomic mass is 35.5. The fraction of sp³-hybridized carbons (Fsp3) is 0.150. The van der Waals surface area contributed by atoms with E-state index in [-0.39, 0.29) is 11.9 Å². The van der Waals surface area contributed by atoms with E-state index in [0.29, 0.717) is 10.1 Å². The summed E-state index contributed by atoms with van der Waals surface area (Å²) in [5.74, 6) is -0.267. The Morgan fingerprint density at radius 2 is 1.77 bits per heavy atom. The first kappa shape index (κ1) is 17.1. The Hall–Kier alpha value is -2.37. The topological polar surface area (TPSA) is 20.2 Å². The van der Waals surface area contributed by atoms with E-state index in [1.54, 1.807) is 12.1 Å². The molecule has 2 aromatic carbocycles. The molecular weight excluding hydrogens is 369 g/mol. The van der Waals surface area contributed by atoms with Gasteiger partial charge in [0, 0.05) is 35.7 Å². The Kier molecular flexibility index (Phi) is 4.66. The Balaban J connectivity index is 1.66. The van der Waals surface area contributed by atoms with Crippen molar-refractivity contribution >= 4 is 34.6 Å². The molecule has 0 aliphatic carbocycles. The zero-order valence-electron chi connectivity index (χ0n) is 13.9. The fourth-order valence-corrected chi connectivity index (χ4v) is 3.77. The molecule has 1 aliphatic heterocycles. The molecule has 0 fully saturated rings. The smallest absolute Gasteiger partial charge is 0.174 e. The maximum atomic E-state index is 13.1. The lowest BCUT2D eigenvalue weighted by molar-refractivity contribution is 0.293. The molecule has 0 saturated heterocycles. The molecule has 0 spiro atoms. The minimum Gasteiger partial charge on any atom is -0.348 e. The summed E-state index contributed by atoms with van der Waals surface area (Å²) in [7, 11) is 0. The van der Waals surface area contributed by atoms with Gasteiger partial charge in [-0.1, -0.05) is 23.7 Å². The number of thiocarbonyl (C=S) groups is 1. The molecule has 0 saturated carbocycles. The highest BCUT2D eigenvalue weighted by Crippen LogP contribution is 2.33. The normalized spacial score (nSPS) is 16.2. The first-order valence-corrected chi connectivity index (χ1v) is 9.14. The number of aromatic nitrogens is 1. The number of nitrogens with one attached hydrogen (secondary N) is 1. The third-order valence-corrected chi connectivity index (χ3v) is 5.17. The van der Waals surface area contributed by atoms with Gasteiger partial charge in [-0.15, -0.1) is 0 Å². The summed E-state index contributed by atoms with van der Waals surface area (Å²) in [5, 5.41) is 4.55. The van der Waals surface area contributed by atoms with Crippen LogP contribution in [-0.4, -0.2) is 21.1 Å². The van der Waals surface area contributed by atoms with Gasteiger partial charge < -0.3 is 14.8 Å². The van der Waals surface area contributed by atoms with Gasteiger partial charge in [-0.2, -0.15) is 0 Å². The van der Waals surface area contributed by atoms with Gasteiger partial charge in [0.15, 0.2) is 5.11 Å². The van der Waals surface area contributed by atoms with Gasteiger partial charge in [-0.05, 0) is 66.3 Å². The van der Waals surface area contributed by atoms with E-state index >= 15 is 0 Å². The van der Waals surface area contributed by atoms with Crippen molar-refractivity contribution in [3.05, 3.63) is 89.0 Å². The second-order valence-corrected chi connectivity index (χ2v) is 7.03. The minimum absolute atomic E-state index is 0.00327. The van der Waals surface area contributed by atoms with E-state index < -0.39 is 0 Å². The van der Waals surface area contributed by atoms with Crippen LogP contribution in [0.5, 0.6) is 0 Å². The monoisotopic (exact) mass is 385 g/mol. The van der Waals surface area contributed by atoms with Crippen molar-refractivity contribution < 1.29 is 4.39 Å². The van der Waals surface area contributed by atoms with E-state index in [0.717, 1.165) is 24.3 Å². The number of benzene rings is 2. The average molecular weight is 386 g/mol. The molecule has 0 radical (unpaired) electrons. The number of hydrogen-bond donors (Lipinski definition) is 1. The summed E-state index contributed by atoms with van der Waals surface area (Å²) < 4.78 is 15.4. The lowest BCUT2D eigenvalue weighted by Gasteiger charge is -2.39. The van der Waals surface area contributed by atoms with Crippen LogP contribution in [0.4, 0.5) is 10.1 Å². The summed E-state index contributed by atoms with van der Waals surface area (Å²) in [5.41, 5.74) is 3.08. The van der Waals surface area contributed by atoms with Gasteiger partial charge in [0.05, 0.1) is 6.04 Å². The zero-order chi connectivity index (χ0) is 18.1. The molecule has 1 aliphatic rings. The second kappa shape index (κ2) is 7.09. The van der Waals surface area contributed by atoms with Crippen LogP contribution < -0.4 is 5.32 Å². The van der Waals surface area contributed by atoms with Crippen LogP contribution in [0.15, 0.2) is 66.9 Å². The molecule has 1 N–H and O–H groups in total. The van der Waals surface area contributed by atoms with Crippen LogP contribution in [0.25, 0.3) is 0 Å². The van der Waals surface area contributed by atoms with Crippen molar-refractivity contribution in [2.24, 2.45) is 0 Å². The van der Waals surface area contributed by atoms with Gasteiger partial charge >= 0.3 is 0 Å². The van der Waals surface area contributed by atoms with E-state index in [4.69, 9.17) is 23.8 Å². The molecule has 3 aromatic rings. The third-order valence-electron chi connectivity index (χ3n) is 4.58. The number of rotatable bonds is 2. The molecule has 0 unspecified atom stereocenters. The summed E-state index contributed by atoms with van der Waals surface area (Å²) >= 11 is 11.7. The third kappa shape index (κ3) is 3.32. The van der Waals surface area contributed by atoms with Gasteiger partial charge in [0.2, 0.25) is 0 Å². The highest BCUT2D eigenvalue weighted by Gasteiger charge is 2.30. The van der Waals surface area contributed by atoms with Crippen LogP contribution in [0.2, 0.25) is 5.02 Å². The van der Waals surface area contributed by atoms with E-state index in [1.165, 1.54) is 17.8 Å². The van der Waals surface area contributed by atoms with E-state index in [1.807, 2.05) is 24.3 Å². The Bertz CT molecular complexity index is 921. The van der Waals surface area contributed by atoms with Gasteiger partial charge in [0.25, 0.3) is 0 Å². The number of nitrogens with zero attached hydrogens (tertiary/aromatic N) is 2.